The predicted molar refractivity (Wildman–Crippen MR) is 98.4 cm³/mol. The van der Waals surface area contributed by atoms with E-state index < -0.39 is 0 Å². The summed E-state index contributed by atoms with van der Waals surface area (Å²) < 4.78 is 9.35. The molecule has 6 nitrogen and oxygen atoms in total. The van der Waals surface area contributed by atoms with E-state index in [0.29, 0.717) is 24.6 Å². The molecule has 0 saturated carbocycles. The molecule has 0 atom stereocenters. The maximum atomic E-state index is 12.5. The number of carbonyl (C=O) groups is 1. The van der Waals surface area contributed by atoms with Gasteiger partial charge in [-0.2, -0.15) is 9.13 Å². The number of oxime groups is 1. The second-order valence-corrected chi connectivity index (χ2v) is 6.10. The highest BCUT2D eigenvalue weighted by Crippen LogP contribution is 2.09. The minimum Gasteiger partial charge on any atom is -0.411 e. The second kappa shape index (κ2) is 8.82. The Morgan fingerprint density at radius 3 is 2.41 bits per heavy atom. The fourth-order valence-corrected chi connectivity index (χ4v) is 2.59. The predicted octanol–water partition coefficient (Wildman–Crippen LogP) is 2.24. The van der Waals surface area contributed by atoms with Crippen molar-refractivity contribution in [1.82, 2.24) is 0 Å². The van der Waals surface area contributed by atoms with Crippen molar-refractivity contribution in [2.75, 3.05) is 0 Å². The SMILES string of the molecule is Cc1ccc(C(=O)c2cc[n+](COC[n+]3ccccc3C=NO)cc2)cc1. The number of ketones is 1. The first-order chi connectivity index (χ1) is 13.2. The zero-order valence-electron chi connectivity index (χ0n) is 15.0. The molecule has 6 heteroatoms. The average molecular weight is 363 g/mol. The highest BCUT2D eigenvalue weighted by molar-refractivity contribution is 6.08. The van der Waals surface area contributed by atoms with Gasteiger partial charge in [-0.3, -0.25) is 9.53 Å². The van der Waals surface area contributed by atoms with E-state index in [1.54, 1.807) is 12.1 Å². The van der Waals surface area contributed by atoms with Crippen molar-refractivity contribution in [2.24, 2.45) is 5.16 Å². The molecule has 0 aliphatic rings. The van der Waals surface area contributed by atoms with E-state index in [-0.39, 0.29) is 5.78 Å². The molecular weight excluding hydrogens is 342 g/mol. The first-order valence-corrected chi connectivity index (χ1v) is 8.51. The van der Waals surface area contributed by atoms with Gasteiger partial charge in [0.25, 0.3) is 13.5 Å². The summed E-state index contributed by atoms with van der Waals surface area (Å²) in [6, 6.07) is 16.7. The summed E-state index contributed by atoms with van der Waals surface area (Å²) in [5.74, 6) is -0.00385. The maximum Gasteiger partial charge on any atom is 0.258 e. The first-order valence-electron chi connectivity index (χ1n) is 8.51. The number of hydrogen-bond acceptors (Lipinski definition) is 4. The Morgan fingerprint density at radius 1 is 1.00 bits per heavy atom. The van der Waals surface area contributed by atoms with Crippen LogP contribution in [0.2, 0.25) is 0 Å². The van der Waals surface area contributed by atoms with Gasteiger partial charge in [-0.15, -0.1) is 0 Å². The number of nitrogens with zero attached hydrogens (tertiary/aromatic N) is 3. The zero-order valence-corrected chi connectivity index (χ0v) is 15.0. The molecular formula is C21H21N3O3+2. The molecule has 0 spiro atoms. The van der Waals surface area contributed by atoms with Gasteiger partial charge in [-0.25, -0.2) is 0 Å². The third-order valence-electron chi connectivity index (χ3n) is 4.10. The van der Waals surface area contributed by atoms with Gasteiger partial charge < -0.3 is 5.21 Å². The Kier molecular flexibility index (Phi) is 6.02. The highest BCUT2D eigenvalue weighted by atomic mass is 16.5. The topological polar surface area (TPSA) is 66.7 Å². The van der Waals surface area contributed by atoms with E-state index in [2.05, 4.69) is 5.16 Å². The molecule has 0 aliphatic heterocycles. The Labute approximate surface area is 157 Å². The quantitative estimate of drug-likeness (QED) is 0.230. The van der Waals surface area contributed by atoms with Crippen molar-refractivity contribution in [3.05, 3.63) is 95.6 Å². The average Bonchev–Trinajstić information content (AvgIpc) is 2.70. The number of hydrogen-bond donors (Lipinski definition) is 1. The van der Waals surface area contributed by atoms with Crippen molar-refractivity contribution in [1.29, 1.82) is 0 Å². The van der Waals surface area contributed by atoms with Gasteiger partial charge in [-0.05, 0) is 13.0 Å². The van der Waals surface area contributed by atoms with Crippen LogP contribution in [-0.4, -0.2) is 17.2 Å². The Balaban J connectivity index is 1.60. The van der Waals surface area contributed by atoms with Gasteiger partial charge in [0.1, 0.15) is 6.21 Å². The molecule has 0 radical (unpaired) electrons. The van der Waals surface area contributed by atoms with Crippen LogP contribution in [0.4, 0.5) is 0 Å². The Morgan fingerprint density at radius 2 is 1.70 bits per heavy atom. The fourth-order valence-electron chi connectivity index (χ4n) is 2.59. The van der Waals surface area contributed by atoms with E-state index in [0.717, 1.165) is 11.3 Å². The van der Waals surface area contributed by atoms with Gasteiger partial charge in [-0.1, -0.05) is 35.0 Å². The fraction of sp³-hybridized carbons (Fsp3) is 0.143. The van der Waals surface area contributed by atoms with E-state index >= 15 is 0 Å². The van der Waals surface area contributed by atoms with Crippen molar-refractivity contribution in [2.45, 2.75) is 20.4 Å². The molecule has 136 valence electrons. The molecule has 1 aromatic carbocycles. The number of aryl methyl sites for hydroxylation is 1. The van der Waals surface area contributed by atoms with Crippen molar-refractivity contribution < 1.29 is 23.9 Å². The summed E-state index contributed by atoms with van der Waals surface area (Å²) >= 11 is 0. The largest absolute Gasteiger partial charge is 0.411 e. The summed E-state index contributed by atoms with van der Waals surface area (Å²) in [5, 5.41) is 11.7. The zero-order chi connectivity index (χ0) is 19.1. The summed E-state index contributed by atoms with van der Waals surface area (Å²) in [6.45, 7) is 2.63. The molecule has 2 heterocycles. The lowest BCUT2D eigenvalue weighted by atomic mass is 10.0. The number of carbonyl (C=O) groups excluding carboxylic acids is 1. The summed E-state index contributed by atoms with van der Waals surface area (Å²) in [7, 11) is 0. The third-order valence-corrected chi connectivity index (χ3v) is 4.10. The number of rotatable bonds is 7. The standard InChI is InChI=1S/C21H20N3O3/c1-17-5-7-18(8-6-17)21(25)19-9-12-23(13-10-19)15-27-16-24-11-3-2-4-20(24)14-22-26/h2-14H,15-16H2,1H3/q+1/p+1. The van der Waals surface area contributed by atoms with Crippen LogP contribution in [0.25, 0.3) is 0 Å². The van der Waals surface area contributed by atoms with Crippen LogP contribution in [0.5, 0.6) is 0 Å². The van der Waals surface area contributed by atoms with Crippen molar-refractivity contribution >= 4 is 12.0 Å². The number of aromatic nitrogens is 2. The van der Waals surface area contributed by atoms with Crippen molar-refractivity contribution in [3.8, 4) is 0 Å². The van der Waals surface area contributed by atoms with E-state index in [1.807, 2.05) is 77.1 Å². The maximum absolute atomic E-state index is 12.5. The lowest BCUT2D eigenvalue weighted by molar-refractivity contribution is -0.788. The van der Waals surface area contributed by atoms with Crippen LogP contribution in [0.1, 0.15) is 27.2 Å². The molecule has 0 amide bonds. The van der Waals surface area contributed by atoms with Gasteiger partial charge in [0.15, 0.2) is 24.4 Å². The molecule has 0 unspecified atom stereocenters. The summed E-state index contributed by atoms with van der Waals surface area (Å²) in [6.07, 6.45) is 6.81. The molecule has 1 N–H and O–H groups in total. The Hall–Kier alpha value is -3.38. The van der Waals surface area contributed by atoms with Crippen LogP contribution in [-0.2, 0) is 18.2 Å². The van der Waals surface area contributed by atoms with Crippen molar-refractivity contribution in [3.63, 3.8) is 0 Å². The molecule has 0 bridgehead atoms. The lowest BCUT2D eigenvalue weighted by Gasteiger charge is -2.02. The number of benzene rings is 1. The van der Waals surface area contributed by atoms with Gasteiger partial charge in [0.05, 0.1) is 0 Å². The lowest BCUT2D eigenvalue weighted by Crippen LogP contribution is -2.42. The smallest absolute Gasteiger partial charge is 0.258 e. The first kappa shape index (κ1) is 18.4. The van der Waals surface area contributed by atoms with Crippen LogP contribution >= 0.6 is 0 Å². The highest BCUT2D eigenvalue weighted by Gasteiger charge is 2.12. The van der Waals surface area contributed by atoms with Crippen LogP contribution in [0.15, 0.2) is 78.3 Å². The van der Waals surface area contributed by atoms with Gasteiger partial charge in [0.2, 0.25) is 5.69 Å². The molecule has 0 saturated heterocycles. The van der Waals surface area contributed by atoms with E-state index in [1.165, 1.54) is 6.21 Å². The number of ether oxygens (including phenoxy) is 1. The van der Waals surface area contributed by atoms with E-state index in [4.69, 9.17) is 9.94 Å². The molecule has 2 aromatic heterocycles. The minimum atomic E-state index is -0.00385. The Bertz CT molecular complexity index is 936. The van der Waals surface area contributed by atoms with E-state index in [9.17, 15) is 4.79 Å². The summed E-state index contributed by atoms with van der Waals surface area (Å²) in [4.78, 5) is 12.5. The molecule has 3 aromatic rings. The minimum absolute atomic E-state index is 0.00385. The third kappa shape index (κ3) is 4.83. The van der Waals surface area contributed by atoms with Gasteiger partial charge >= 0.3 is 0 Å². The molecule has 27 heavy (non-hydrogen) atoms. The molecule has 0 aliphatic carbocycles. The van der Waals surface area contributed by atoms with Crippen LogP contribution in [0.3, 0.4) is 0 Å². The summed E-state index contributed by atoms with van der Waals surface area (Å²) in [5.41, 5.74) is 3.16. The monoisotopic (exact) mass is 363 g/mol. The number of pyridine rings is 2. The van der Waals surface area contributed by atoms with Gasteiger partial charge in [0, 0.05) is 35.4 Å². The van der Waals surface area contributed by atoms with Crippen LogP contribution < -0.4 is 9.13 Å². The molecule has 0 fully saturated rings. The van der Waals surface area contributed by atoms with Crippen LogP contribution in [0, 0.1) is 6.92 Å². The molecule has 3 rings (SSSR count). The normalized spacial score (nSPS) is 11.0. The second-order valence-electron chi connectivity index (χ2n) is 6.10.